The van der Waals surface area contributed by atoms with E-state index in [0.717, 1.165) is 5.92 Å². The van der Waals surface area contributed by atoms with Crippen LogP contribution in [0.25, 0.3) is 0 Å². The van der Waals surface area contributed by atoms with Crippen LogP contribution in [-0.4, -0.2) is 12.1 Å². The summed E-state index contributed by atoms with van der Waals surface area (Å²) < 4.78 is 0. The first kappa shape index (κ1) is 21.8. The van der Waals surface area contributed by atoms with Crippen molar-refractivity contribution >= 4 is 11.4 Å². The Morgan fingerprint density at radius 3 is 1.97 bits per heavy atom. The Labute approximate surface area is 205 Å². The highest BCUT2D eigenvalue weighted by molar-refractivity contribution is 5.73. The average molecular weight is 451 g/mol. The van der Waals surface area contributed by atoms with Crippen LogP contribution in [-0.2, 0) is 5.41 Å². The molecule has 0 spiro atoms. The molecule has 3 aromatic carbocycles. The first-order valence-corrected chi connectivity index (χ1v) is 13.2. The van der Waals surface area contributed by atoms with E-state index in [-0.39, 0.29) is 11.6 Å². The average Bonchev–Trinajstić information content (AvgIpc) is 3.52. The molecule has 0 N–H and O–H groups in total. The number of benzene rings is 3. The van der Waals surface area contributed by atoms with E-state index in [4.69, 9.17) is 0 Å². The maximum absolute atomic E-state index is 2.83. The molecule has 0 aromatic heterocycles. The molecule has 1 aliphatic carbocycles. The Morgan fingerprint density at radius 1 is 0.706 bits per heavy atom. The summed E-state index contributed by atoms with van der Waals surface area (Å²) in [6.07, 6.45) is 5.68. The Morgan fingerprint density at radius 2 is 1.29 bits per heavy atom. The lowest BCUT2D eigenvalue weighted by atomic mass is 9.66. The number of para-hydroxylation sites is 2. The van der Waals surface area contributed by atoms with Gasteiger partial charge in [0, 0.05) is 28.4 Å². The lowest BCUT2D eigenvalue weighted by Crippen LogP contribution is -2.49. The lowest BCUT2D eigenvalue weighted by Gasteiger charge is -2.41. The number of aryl methyl sites for hydroxylation is 3. The molecule has 176 valence electrons. The van der Waals surface area contributed by atoms with Gasteiger partial charge in [-0.25, -0.2) is 0 Å². The minimum Gasteiger partial charge on any atom is -0.342 e. The molecule has 0 bridgehead atoms. The van der Waals surface area contributed by atoms with Crippen LogP contribution >= 0.6 is 0 Å². The van der Waals surface area contributed by atoms with Crippen LogP contribution in [0.4, 0.5) is 11.4 Å². The predicted molar refractivity (Wildman–Crippen MR) is 144 cm³/mol. The molecule has 2 heterocycles. The van der Waals surface area contributed by atoms with Gasteiger partial charge in [-0.15, -0.1) is 0 Å². The van der Waals surface area contributed by atoms with Crippen LogP contribution in [0.1, 0.15) is 73.5 Å². The fourth-order valence-corrected chi connectivity index (χ4v) is 7.98. The molecular formula is C32H38N2. The molecular weight excluding hydrogens is 412 g/mol. The van der Waals surface area contributed by atoms with E-state index in [0.29, 0.717) is 12.1 Å². The van der Waals surface area contributed by atoms with Crippen molar-refractivity contribution < 1.29 is 0 Å². The Bertz CT molecular complexity index is 1200. The van der Waals surface area contributed by atoms with Gasteiger partial charge < -0.3 is 9.80 Å². The molecule has 0 radical (unpaired) electrons. The van der Waals surface area contributed by atoms with Gasteiger partial charge >= 0.3 is 0 Å². The van der Waals surface area contributed by atoms with E-state index in [1.54, 1.807) is 5.56 Å². The number of hydrogen-bond acceptors (Lipinski definition) is 2. The first-order valence-electron chi connectivity index (χ1n) is 13.2. The molecule has 34 heavy (non-hydrogen) atoms. The molecule has 6 rings (SSSR count). The van der Waals surface area contributed by atoms with Crippen LogP contribution in [0.2, 0.25) is 0 Å². The van der Waals surface area contributed by atoms with Crippen molar-refractivity contribution in [1.82, 2.24) is 0 Å². The topological polar surface area (TPSA) is 6.48 Å². The lowest BCUT2D eigenvalue weighted by molar-refractivity contribution is 0.251. The molecule has 1 saturated heterocycles. The van der Waals surface area contributed by atoms with Gasteiger partial charge in [-0.1, -0.05) is 74.4 Å². The fraction of sp³-hybridized carbons (Fsp3) is 0.438. The van der Waals surface area contributed by atoms with Gasteiger partial charge in [0.05, 0.1) is 6.04 Å². The molecule has 2 nitrogen and oxygen atoms in total. The van der Waals surface area contributed by atoms with Crippen molar-refractivity contribution in [3.63, 3.8) is 0 Å². The summed E-state index contributed by atoms with van der Waals surface area (Å²) in [6, 6.07) is 26.0. The third-order valence-electron chi connectivity index (χ3n) is 9.50. The smallest absolute Gasteiger partial charge is 0.129 e. The molecule has 2 fully saturated rings. The zero-order valence-corrected chi connectivity index (χ0v) is 21.4. The van der Waals surface area contributed by atoms with Crippen LogP contribution in [0, 0.1) is 26.7 Å². The molecule has 2 heteroatoms. The quantitative estimate of drug-likeness (QED) is 0.401. The van der Waals surface area contributed by atoms with Crippen molar-refractivity contribution in [2.75, 3.05) is 9.80 Å². The van der Waals surface area contributed by atoms with Gasteiger partial charge in [-0.3, -0.25) is 0 Å². The molecule has 3 aliphatic rings. The van der Waals surface area contributed by atoms with Crippen molar-refractivity contribution in [3.8, 4) is 0 Å². The molecule has 1 saturated carbocycles. The molecule has 0 amide bonds. The van der Waals surface area contributed by atoms with Gasteiger partial charge in [0.25, 0.3) is 0 Å². The van der Waals surface area contributed by atoms with Crippen LogP contribution in [0.3, 0.4) is 0 Å². The van der Waals surface area contributed by atoms with Gasteiger partial charge in [-0.2, -0.15) is 0 Å². The van der Waals surface area contributed by atoms with Crippen molar-refractivity contribution in [1.29, 1.82) is 0 Å². The van der Waals surface area contributed by atoms with E-state index in [1.807, 2.05) is 0 Å². The summed E-state index contributed by atoms with van der Waals surface area (Å²) in [7, 11) is 0. The van der Waals surface area contributed by atoms with Crippen LogP contribution in [0.15, 0.2) is 66.7 Å². The number of rotatable bonds is 3. The minimum atomic E-state index is 0.165. The largest absolute Gasteiger partial charge is 0.342 e. The maximum Gasteiger partial charge on any atom is 0.129 e. The van der Waals surface area contributed by atoms with Gasteiger partial charge in [0.1, 0.15) is 6.17 Å². The normalized spacial score (nSPS) is 28.4. The molecule has 4 atom stereocenters. The number of fused-ring (bicyclic) bond motifs is 3. The SMILES string of the molecule is Cc1ccccc1N1C(c2c(C)cccc2C)N2c3ccccc3C(C)(C3CCCC3)C2[C@@H]1C. The van der Waals surface area contributed by atoms with E-state index in [2.05, 4.69) is 111 Å². The van der Waals surface area contributed by atoms with Crippen molar-refractivity contribution in [2.45, 2.75) is 84.0 Å². The van der Waals surface area contributed by atoms with Gasteiger partial charge in [-0.05, 0) is 80.8 Å². The van der Waals surface area contributed by atoms with Crippen molar-refractivity contribution in [3.05, 3.63) is 94.5 Å². The monoisotopic (exact) mass is 450 g/mol. The Hall–Kier alpha value is -2.74. The van der Waals surface area contributed by atoms with E-state index >= 15 is 0 Å². The highest BCUT2D eigenvalue weighted by Crippen LogP contribution is 2.61. The predicted octanol–water partition coefficient (Wildman–Crippen LogP) is 7.86. The standard InChI is InChI=1S/C32H38N2/c1-21-13-6-10-19-27(21)33-24(4)30-32(5,25-16-7-8-17-25)26-18-9-11-20-28(26)34(30)31(33)29-22(2)14-12-15-23(29)3/h6,9-15,18-20,24-25,30-31H,7-8,16-17H2,1-5H3/t24-,30?,31?,32?/m0/s1. The first-order chi connectivity index (χ1) is 16.4. The van der Waals surface area contributed by atoms with E-state index < -0.39 is 0 Å². The van der Waals surface area contributed by atoms with E-state index in [9.17, 15) is 0 Å². The third-order valence-corrected chi connectivity index (χ3v) is 9.50. The summed E-state index contributed by atoms with van der Waals surface area (Å²) in [6.45, 7) is 12.0. The number of hydrogen-bond donors (Lipinski definition) is 0. The van der Waals surface area contributed by atoms with E-state index in [1.165, 1.54) is 59.3 Å². The summed E-state index contributed by atoms with van der Waals surface area (Å²) >= 11 is 0. The summed E-state index contributed by atoms with van der Waals surface area (Å²) in [5.74, 6) is 0.751. The number of anilines is 2. The van der Waals surface area contributed by atoms with Crippen LogP contribution in [0.5, 0.6) is 0 Å². The Kier molecular flexibility index (Phi) is 5.06. The third kappa shape index (κ3) is 2.87. The zero-order valence-electron chi connectivity index (χ0n) is 21.4. The summed E-state index contributed by atoms with van der Waals surface area (Å²) in [4.78, 5) is 5.60. The summed E-state index contributed by atoms with van der Waals surface area (Å²) in [5.41, 5.74) is 10.2. The fourth-order valence-electron chi connectivity index (χ4n) is 7.98. The maximum atomic E-state index is 2.83. The van der Waals surface area contributed by atoms with Crippen LogP contribution < -0.4 is 9.80 Å². The second kappa shape index (κ2) is 7.90. The highest BCUT2D eigenvalue weighted by Gasteiger charge is 2.61. The van der Waals surface area contributed by atoms with Gasteiger partial charge in [0.2, 0.25) is 0 Å². The van der Waals surface area contributed by atoms with Crippen molar-refractivity contribution in [2.24, 2.45) is 5.92 Å². The minimum absolute atomic E-state index is 0.165. The molecule has 3 unspecified atom stereocenters. The number of nitrogens with zero attached hydrogens (tertiary/aromatic N) is 2. The molecule has 2 aliphatic heterocycles. The highest BCUT2D eigenvalue weighted by atomic mass is 15.5. The molecule has 3 aromatic rings. The summed E-state index contributed by atoms with van der Waals surface area (Å²) in [5, 5.41) is 0. The van der Waals surface area contributed by atoms with Gasteiger partial charge in [0.15, 0.2) is 0 Å². The second-order valence-electron chi connectivity index (χ2n) is 11.2. The Balaban J connectivity index is 1.63. The second-order valence-corrected chi connectivity index (χ2v) is 11.2. The zero-order chi connectivity index (χ0) is 23.6.